The van der Waals surface area contributed by atoms with Crippen LogP contribution in [0.1, 0.15) is 18.4 Å². The molecule has 9 heteroatoms. The number of carboxylic acid groups (broad SMARTS) is 1. The van der Waals surface area contributed by atoms with Crippen LogP contribution >= 0.6 is 0 Å². The first-order chi connectivity index (χ1) is 12.7. The summed E-state index contributed by atoms with van der Waals surface area (Å²) < 4.78 is 15.3. The summed E-state index contributed by atoms with van der Waals surface area (Å²) in [6.07, 6.45) is -2.98. The van der Waals surface area contributed by atoms with E-state index in [-0.39, 0.29) is 0 Å². The molecule has 0 amide bonds. The largest absolute Gasteiger partial charge is 0.493 e. The molecule has 2 rings (SSSR count). The SMILES string of the molecule is COc1ccc(/C=C/C(=O)O[C@@H]2C[C@](O)(C(=O)O)C[C@@H](O)[C@H]2O)cc1OC. The van der Waals surface area contributed by atoms with Crippen LogP contribution in [-0.2, 0) is 14.3 Å². The minimum Gasteiger partial charge on any atom is -0.493 e. The van der Waals surface area contributed by atoms with Gasteiger partial charge in [0.05, 0.1) is 20.3 Å². The van der Waals surface area contributed by atoms with E-state index in [2.05, 4.69) is 0 Å². The molecule has 1 saturated carbocycles. The van der Waals surface area contributed by atoms with Gasteiger partial charge < -0.3 is 34.6 Å². The maximum absolute atomic E-state index is 12.0. The minimum atomic E-state index is -2.28. The van der Waals surface area contributed by atoms with Crippen molar-refractivity contribution in [3.8, 4) is 11.5 Å². The molecule has 0 unspecified atom stereocenters. The average Bonchev–Trinajstić information content (AvgIpc) is 2.63. The molecule has 1 aliphatic carbocycles. The van der Waals surface area contributed by atoms with Crippen LogP contribution in [-0.4, -0.2) is 70.5 Å². The van der Waals surface area contributed by atoms with Gasteiger partial charge >= 0.3 is 11.9 Å². The van der Waals surface area contributed by atoms with Crippen molar-refractivity contribution in [2.75, 3.05) is 14.2 Å². The van der Waals surface area contributed by atoms with Crippen LogP contribution in [0.25, 0.3) is 6.08 Å². The van der Waals surface area contributed by atoms with Crippen LogP contribution in [0.3, 0.4) is 0 Å². The fourth-order valence-electron chi connectivity index (χ4n) is 2.85. The van der Waals surface area contributed by atoms with Crippen LogP contribution in [0.2, 0.25) is 0 Å². The Labute approximate surface area is 155 Å². The van der Waals surface area contributed by atoms with Gasteiger partial charge in [-0.3, -0.25) is 0 Å². The van der Waals surface area contributed by atoms with E-state index in [9.17, 15) is 24.9 Å². The van der Waals surface area contributed by atoms with Crippen molar-refractivity contribution < 1.29 is 44.2 Å². The van der Waals surface area contributed by atoms with Gasteiger partial charge in [-0.05, 0) is 23.8 Å². The number of hydrogen-bond donors (Lipinski definition) is 4. The highest BCUT2D eigenvalue weighted by atomic mass is 16.6. The highest BCUT2D eigenvalue weighted by Gasteiger charge is 2.50. The number of ether oxygens (including phenoxy) is 3. The summed E-state index contributed by atoms with van der Waals surface area (Å²) in [5.41, 5.74) is -1.67. The lowest BCUT2D eigenvalue weighted by Crippen LogP contribution is -2.57. The molecule has 9 nitrogen and oxygen atoms in total. The van der Waals surface area contributed by atoms with Crippen LogP contribution in [0.5, 0.6) is 11.5 Å². The van der Waals surface area contributed by atoms with Crippen molar-refractivity contribution in [2.24, 2.45) is 0 Å². The Kier molecular flexibility index (Phi) is 6.42. The smallest absolute Gasteiger partial charge is 0.335 e. The average molecular weight is 382 g/mol. The number of benzene rings is 1. The van der Waals surface area contributed by atoms with Gasteiger partial charge in [-0.25, -0.2) is 9.59 Å². The van der Waals surface area contributed by atoms with Gasteiger partial charge in [0.1, 0.15) is 12.2 Å². The fraction of sp³-hybridized carbons (Fsp3) is 0.444. The molecule has 0 radical (unpaired) electrons. The molecule has 1 aromatic carbocycles. The van der Waals surface area contributed by atoms with Crippen molar-refractivity contribution in [3.63, 3.8) is 0 Å². The lowest BCUT2D eigenvalue weighted by atomic mass is 9.79. The first-order valence-corrected chi connectivity index (χ1v) is 8.13. The number of esters is 1. The zero-order valence-corrected chi connectivity index (χ0v) is 14.9. The first kappa shape index (κ1) is 20.7. The maximum Gasteiger partial charge on any atom is 0.335 e. The van der Waals surface area contributed by atoms with Gasteiger partial charge in [0.25, 0.3) is 0 Å². The van der Waals surface area contributed by atoms with Crippen molar-refractivity contribution in [1.29, 1.82) is 0 Å². The Morgan fingerprint density at radius 1 is 1.15 bits per heavy atom. The summed E-state index contributed by atoms with van der Waals surface area (Å²) in [5, 5.41) is 38.8. The molecule has 27 heavy (non-hydrogen) atoms. The Hall–Kier alpha value is -2.62. The third-order valence-electron chi connectivity index (χ3n) is 4.35. The van der Waals surface area contributed by atoms with Crippen molar-refractivity contribution >= 4 is 18.0 Å². The normalized spacial score (nSPS) is 28.0. The number of carbonyl (C=O) groups is 2. The molecule has 0 aromatic heterocycles. The summed E-state index contributed by atoms with van der Waals surface area (Å²) in [5.74, 6) is -1.44. The van der Waals surface area contributed by atoms with E-state index in [4.69, 9.17) is 19.3 Å². The van der Waals surface area contributed by atoms with Gasteiger partial charge in [-0.2, -0.15) is 0 Å². The van der Waals surface area contributed by atoms with E-state index in [1.165, 1.54) is 20.3 Å². The van der Waals surface area contributed by atoms with Crippen molar-refractivity contribution in [2.45, 2.75) is 36.8 Å². The highest BCUT2D eigenvalue weighted by Crippen LogP contribution is 2.31. The Morgan fingerprint density at radius 2 is 1.81 bits per heavy atom. The van der Waals surface area contributed by atoms with E-state index >= 15 is 0 Å². The molecule has 4 N–H and O–H groups in total. The molecule has 0 saturated heterocycles. The Morgan fingerprint density at radius 3 is 2.41 bits per heavy atom. The topological polar surface area (TPSA) is 143 Å². The molecule has 4 atom stereocenters. The number of aliphatic carboxylic acids is 1. The lowest BCUT2D eigenvalue weighted by molar-refractivity contribution is -0.196. The van der Waals surface area contributed by atoms with Crippen LogP contribution < -0.4 is 9.47 Å². The van der Waals surface area contributed by atoms with Crippen LogP contribution in [0, 0.1) is 0 Å². The van der Waals surface area contributed by atoms with Gasteiger partial charge in [0, 0.05) is 18.9 Å². The van der Waals surface area contributed by atoms with E-state index in [0.29, 0.717) is 17.1 Å². The summed E-state index contributed by atoms with van der Waals surface area (Å²) in [7, 11) is 2.96. The predicted octanol–water partition coefficient (Wildman–Crippen LogP) is -0.0399. The van der Waals surface area contributed by atoms with E-state index in [0.717, 1.165) is 6.08 Å². The minimum absolute atomic E-state index is 0.463. The third-order valence-corrected chi connectivity index (χ3v) is 4.35. The second-order valence-electron chi connectivity index (χ2n) is 6.23. The van der Waals surface area contributed by atoms with E-state index < -0.39 is 48.7 Å². The summed E-state index contributed by atoms with van der Waals surface area (Å²) in [6, 6.07) is 4.95. The molecular weight excluding hydrogens is 360 g/mol. The van der Waals surface area contributed by atoms with Crippen LogP contribution in [0.4, 0.5) is 0 Å². The number of rotatable bonds is 6. The number of aliphatic hydroxyl groups excluding tert-OH is 2. The summed E-state index contributed by atoms with van der Waals surface area (Å²) in [4.78, 5) is 23.2. The zero-order chi connectivity index (χ0) is 20.2. The molecule has 148 valence electrons. The molecule has 1 aromatic rings. The van der Waals surface area contributed by atoms with Gasteiger partial charge in [0.2, 0.25) is 0 Å². The zero-order valence-electron chi connectivity index (χ0n) is 14.9. The Balaban J connectivity index is 2.08. The van der Waals surface area contributed by atoms with Crippen molar-refractivity contribution in [1.82, 2.24) is 0 Å². The van der Waals surface area contributed by atoms with E-state index in [1.807, 2.05) is 0 Å². The predicted molar refractivity (Wildman–Crippen MR) is 92.3 cm³/mol. The Bertz CT molecular complexity index is 730. The van der Waals surface area contributed by atoms with Gasteiger partial charge in [-0.1, -0.05) is 6.07 Å². The standard InChI is InChI=1S/C18H22O9/c1-25-12-5-3-10(7-13(12)26-2)4-6-15(20)27-14-9-18(24,17(22)23)8-11(19)16(14)21/h3-7,11,14,16,19,21,24H,8-9H2,1-2H3,(H,22,23)/b6-4+/t11-,14-,16-,18+/m1/s1. The molecular formula is C18H22O9. The van der Waals surface area contributed by atoms with Crippen molar-refractivity contribution in [3.05, 3.63) is 29.8 Å². The van der Waals surface area contributed by atoms with Crippen LogP contribution in [0.15, 0.2) is 24.3 Å². The second kappa shape index (κ2) is 8.38. The lowest BCUT2D eigenvalue weighted by Gasteiger charge is -2.39. The fourth-order valence-corrected chi connectivity index (χ4v) is 2.85. The first-order valence-electron chi connectivity index (χ1n) is 8.13. The third kappa shape index (κ3) is 4.76. The van der Waals surface area contributed by atoms with Gasteiger partial charge in [-0.15, -0.1) is 0 Å². The molecule has 0 heterocycles. The highest BCUT2D eigenvalue weighted by molar-refractivity contribution is 5.87. The number of hydrogen-bond acceptors (Lipinski definition) is 8. The number of carboxylic acids is 1. The molecule has 0 aliphatic heterocycles. The van der Waals surface area contributed by atoms with E-state index in [1.54, 1.807) is 18.2 Å². The quantitative estimate of drug-likeness (QED) is 0.394. The number of carbonyl (C=O) groups excluding carboxylic acids is 1. The van der Waals surface area contributed by atoms with Gasteiger partial charge in [0.15, 0.2) is 17.1 Å². The summed E-state index contributed by atoms with van der Waals surface area (Å²) >= 11 is 0. The molecule has 1 aliphatic rings. The maximum atomic E-state index is 12.0. The monoisotopic (exact) mass is 382 g/mol. The summed E-state index contributed by atoms with van der Waals surface area (Å²) in [6.45, 7) is 0. The number of aliphatic hydroxyl groups is 3. The molecule has 1 fully saturated rings. The second-order valence-corrected chi connectivity index (χ2v) is 6.23. The molecule has 0 bridgehead atoms. The molecule has 0 spiro atoms. The number of methoxy groups -OCH3 is 2.